The lowest BCUT2D eigenvalue weighted by Gasteiger charge is -2.17. The van der Waals surface area contributed by atoms with Gasteiger partial charge in [0.2, 0.25) is 0 Å². The van der Waals surface area contributed by atoms with Crippen LogP contribution < -0.4 is 4.74 Å². The molecule has 0 aliphatic heterocycles. The van der Waals surface area contributed by atoms with Crippen LogP contribution in [0.1, 0.15) is 31.7 Å². The van der Waals surface area contributed by atoms with Crippen LogP contribution in [0.2, 0.25) is 0 Å². The van der Waals surface area contributed by atoms with E-state index in [9.17, 15) is 9.18 Å². The normalized spacial score (nSPS) is 12.0. The number of hydrogen-bond acceptors (Lipinski definition) is 3. The second kappa shape index (κ2) is 6.99. The standard InChI is InChI=1S/C14H19FO3/c1-4-5-8-12(14(16)17-3)18-11-9-6-7-10(2)13(11)15/h6-7,9,12H,4-5,8H2,1-3H3. The van der Waals surface area contributed by atoms with E-state index in [2.05, 4.69) is 4.74 Å². The Balaban J connectivity index is 2.81. The summed E-state index contributed by atoms with van der Waals surface area (Å²) >= 11 is 0. The van der Waals surface area contributed by atoms with Crippen LogP contribution in [0.4, 0.5) is 4.39 Å². The molecule has 3 nitrogen and oxygen atoms in total. The van der Waals surface area contributed by atoms with Crippen molar-refractivity contribution in [2.45, 2.75) is 39.2 Å². The van der Waals surface area contributed by atoms with E-state index in [4.69, 9.17) is 4.74 Å². The quantitative estimate of drug-likeness (QED) is 0.731. The van der Waals surface area contributed by atoms with E-state index < -0.39 is 17.9 Å². The molecule has 0 N–H and O–H groups in total. The van der Waals surface area contributed by atoms with E-state index in [0.29, 0.717) is 12.0 Å². The van der Waals surface area contributed by atoms with Crippen molar-refractivity contribution in [2.75, 3.05) is 7.11 Å². The summed E-state index contributed by atoms with van der Waals surface area (Å²) in [4.78, 5) is 11.5. The SMILES string of the molecule is CCCCC(Oc1cccc(C)c1F)C(=O)OC. The summed E-state index contributed by atoms with van der Waals surface area (Å²) in [7, 11) is 1.30. The third kappa shape index (κ3) is 3.72. The van der Waals surface area contributed by atoms with Crippen LogP contribution in [-0.4, -0.2) is 19.2 Å². The Kier molecular flexibility index (Phi) is 5.62. The molecule has 0 heterocycles. The van der Waals surface area contributed by atoms with Crippen LogP contribution >= 0.6 is 0 Å². The van der Waals surface area contributed by atoms with E-state index in [1.807, 2.05) is 6.92 Å². The zero-order valence-corrected chi connectivity index (χ0v) is 11.0. The van der Waals surface area contributed by atoms with Gasteiger partial charge in [-0.25, -0.2) is 9.18 Å². The van der Waals surface area contributed by atoms with E-state index in [-0.39, 0.29) is 5.75 Å². The zero-order chi connectivity index (χ0) is 13.5. The van der Waals surface area contributed by atoms with Crippen molar-refractivity contribution in [2.24, 2.45) is 0 Å². The first-order valence-corrected chi connectivity index (χ1v) is 6.09. The maximum atomic E-state index is 13.8. The molecule has 18 heavy (non-hydrogen) atoms. The number of aryl methyl sites for hydroxylation is 1. The molecule has 1 aromatic rings. The molecular formula is C14H19FO3. The van der Waals surface area contributed by atoms with Crippen molar-refractivity contribution >= 4 is 5.97 Å². The number of benzene rings is 1. The molecule has 0 aromatic heterocycles. The lowest BCUT2D eigenvalue weighted by molar-refractivity contribution is -0.149. The van der Waals surface area contributed by atoms with Crippen LogP contribution in [0.5, 0.6) is 5.75 Å². The number of methoxy groups -OCH3 is 1. The Hall–Kier alpha value is -1.58. The minimum atomic E-state index is -0.744. The molecule has 1 rings (SSSR count). The number of rotatable bonds is 6. The third-order valence-electron chi connectivity index (χ3n) is 2.71. The van der Waals surface area contributed by atoms with Gasteiger partial charge in [-0.2, -0.15) is 0 Å². The average molecular weight is 254 g/mol. The first-order valence-electron chi connectivity index (χ1n) is 6.09. The van der Waals surface area contributed by atoms with E-state index >= 15 is 0 Å². The summed E-state index contributed by atoms with van der Waals surface area (Å²) in [5.74, 6) is -0.797. The Morgan fingerprint density at radius 1 is 1.44 bits per heavy atom. The molecule has 0 aliphatic carbocycles. The highest BCUT2D eigenvalue weighted by Crippen LogP contribution is 2.22. The van der Waals surface area contributed by atoms with Crippen LogP contribution in [-0.2, 0) is 9.53 Å². The lowest BCUT2D eigenvalue weighted by atomic mass is 10.1. The highest BCUT2D eigenvalue weighted by atomic mass is 19.1. The number of carbonyl (C=O) groups is 1. The second-order valence-electron chi connectivity index (χ2n) is 4.16. The Morgan fingerprint density at radius 2 is 2.17 bits per heavy atom. The molecule has 100 valence electrons. The maximum absolute atomic E-state index is 13.8. The van der Waals surface area contributed by atoms with Crippen molar-refractivity contribution in [3.8, 4) is 5.75 Å². The maximum Gasteiger partial charge on any atom is 0.347 e. The molecule has 0 aliphatic rings. The zero-order valence-electron chi connectivity index (χ0n) is 11.0. The van der Waals surface area contributed by atoms with Gasteiger partial charge in [-0.3, -0.25) is 0 Å². The molecule has 0 saturated carbocycles. The molecule has 1 unspecified atom stereocenters. The summed E-state index contributed by atoms with van der Waals surface area (Å²) in [5, 5.41) is 0. The summed E-state index contributed by atoms with van der Waals surface area (Å²) in [6.45, 7) is 3.67. The molecule has 0 radical (unpaired) electrons. The minimum absolute atomic E-state index is 0.0986. The fraction of sp³-hybridized carbons (Fsp3) is 0.500. The summed E-state index contributed by atoms with van der Waals surface area (Å²) in [5.41, 5.74) is 0.492. The van der Waals surface area contributed by atoms with E-state index in [1.165, 1.54) is 13.2 Å². The summed E-state index contributed by atoms with van der Waals surface area (Å²) < 4.78 is 23.9. The van der Waals surface area contributed by atoms with Crippen molar-refractivity contribution in [3.05, 3.63) is 29.6 Å². The molecule has 0 fully saturated rings. The van der Waals surface area contributed by atoms with Gasteiger partial charge in [-0.05, 0) is 31.4 Å². The van der Waals surface area contributed by atoms with Gasteiger partial charge in [0.1, 0.15) is 0 Å². The van der Waals surface area contributed by atoms with Gasteiger partial charge in [-0.1, -0.05) is 25.5 Å². The number of unbranched alkanes of at least 4 members (excludes halogenated alkanes) is 1. The number of ether oxygens (including phenoxy) is 2. The van der Waals surface area contributed by atoms with Crippen LogP contribution in [0.15, 0.2) is 18.2 Å². The Labute approximate surface area is 107 Å². The monoisotopic (exact) mass is 254 g/mol. The van der Waals surface area contributed by atoms with Crippen molar-refractivity contribution in [1.29, 1.82) is 0 Å². The van der Waals surface area contributed by atoms with Gasteiger partial charge in [-0.15, -0.1) is 0 Å². The van der Waals surface area contributed by atoms with Crippen molar-refractivity contribution < 1.29 is 18.7 Å². The highest BCUT2D eigenvalue weighted by molar-refractivity contribution is 5.74. The van der Waals surface area contributed by atoms with Gasteiger partial charge in [0.05, 0.1) is 7.11 Å². The van der Waals surface area contributed by atoms with Gasteiger partial charge >= 0.3 is 5.97 Å². The number of halogens is 1. The largest absolute Gasteiger partial charge is 0.476 e. The number of carbonyl (C=O) groups excluding carboxylic acids is 1. The second-order valence-corrected chi connectivity index (χ2v) is 4.16. The fourth-order valence-electron chi connectivity index (χ4n) is 1.61. The first kappa shape index (κ1) is 14.5. The first-order chi connectivity index (χ1) is 8.60. The fourth-order valence-corrected chi connectivity index (χ4v) is 1.61. The Morgan fingerprint density at radius 3 is 2.78 bits per heavy atom. The highest BCUT2D eigenvalue weighted by Gasteiger charge is 2.22. The van der Waals surface area contributed by atoms with Crippen LogP contribution in [0.25, 0.3) is 0 Å². The predicted octanol–water partition coefficient (Wildman–Crippen LogP) is 3.24. The van der Waals surface area contributed by atoms with Crippen molar-refractivity contribution in [3.63, 3.8) is 0 Å². The molecule has 0 saturated heterocycles. The molecule has 0 amide bonds. The molecule has 4 heteroatoms. The predicted molar refractivity (Wildman–Crippen MR) is 67.1 cm³/mol. The van der Waals surface area contributed by atoms with Gasteiger partial charge in [0.15, 0.2) is 17.7 Å². The molecule has 1 aromatic carbocycles. The molecular weight excluding hydrogens is 235 g/mol. The Bertz CT molecular complexity index is 404. The van der Waals surface area contributed by atoms with E-state index in [0.717, 1.165) is 12.8 Å². The van der Waals surface area contributed by atoms with Gasteiger partial charge < -0.3 is 9.47 Å². The van der Waals surface area contributed by atoms with Gasteiger partial charge in [0, 0.05) is 0 Å². The lowest BCUT2D eigenvalue weighted by Crippen LogP contribution is -2.29. The summed E-state index contributed by atoms with van der Waals surface area (Å²) in [6.07, 6.45) is 1.54. The average Bonchev–Trinajstić information content (AvgIpc) is 2.38. The van der Waals surface area contributed by atoms with Crippen LogP contribution in [0.3, 0.4) is 0 Å². The topological polar surface area (TPSA) is 35.5 Å². The number of esters is 1. The molecule has 1 atom stereocenters. The summed E-state index contributed by atoms with van der Waals surface area (Å²) in [6, 6.07) is 4.87. The third-order valence-corrected chi connectivity index (χ3v) is 2.71. The number of hydrogen-bond donors (Lipinski definition) is 0. The van der Waals surface area contributed by atoms with E-state index in [1.54, 1.807) is 19.1 Å². The van der Waals surface area contributed by atoms with Crippen molar-refractivity contribution in [1.82, 2.24) is 0 Å². The molecule has 0 spiro atoms. The minimum Gasteiger partial charge on any atom is -0.476 e. The smallest absolute Gasteiger partial charge is 0.347 e. The molecule has 0 bridgehead atoms. The van der Waals surface area contributed by atoms with Gasteiger partial charge in [0.25, 0.3) is 0 Å². The van der Waals surface area contributed by atoms with Crippen LogP contribution in [0, 0.1) is 12.7 Å².